The number of ether oxygens (including phenoxy) is 5. The molecule has 21 nitrogen and oxygen atoms in total. The molecule has 20 atom stereocenters. The average molecular weight is 1070 g/mol. The lowest BCUT2D eigenvalue weighted by Gasteiger charge is -2.45. The predicted octanol–water partition coefficient (Wildman–Crippen LogP) is 1.24. The first-order chi connectivity index (χ1) is 35.1. The van der Waals surface area contributed by atoms with E-state index in [1.165, 1.54) is 13.0 Å². The van der Waals surface area contributed by atoms with E-state index < -0.39 is 164 Å². The van der Waals surface area contributed by atoms with E-state index in [1.807, 2.05) is 43.4 Å². The van der Waals surface area contributed by atoms with Gasteiger partial charge in [-0.2, -0.15) is 0 Å². The molecule has 2 bridgehead atoms. The average Bonchev–Trinajstić information content (AvgIpc) is 3.30. The highest BCUT2D eigenvalue weighted by Crippen LogP contribution is 2.38. The molecule has 0 aromatic heterocycles. The fraction of sp³-hybridized carbons (Fsp3) is 0.722. The Morgan fingerprint density at radius 3 is 1.97 bits per heavy atom. The Kier molecular flexibility index (Phi) is 27.6. The van der Waals surface area contributed by atoms with Crippen molar-refractivity contribution in [1.82, 2.24) is 5.32 Å². The molecule has 428 valence electrons. The van der Waals surface area contributed by atoms with Gasteiger partial charge in [-0.1, -0.05) is 86.8 Å². The number of carboxylic acid groups (broad SMARTS) is 1. The molecular weight excluding hydrogens is 981 g/mol. The van der Waals surface area contributed by atoms with Crippen molar-refractivity contribution in [3.63, 3.8) is 0 Å². The smallest absolute Gasteiger partial charge is 0.311 e. The van der Waals surface area contributed by atoms with Crippen molar-refractivity contribution in [3.8, 4) is 0 Å². The maximum absolute atomic E-state index is 13.1. The van der Waals surface area contributed by atoms with E-state index in [4.69, 9.17) is 29.4 Å². The van der Waals surface area contributed by atoms with Gasteiger partial charge in [0.05, 0.1) is 85.7 Å². The first-order valence-electron chi connectivity index (χ1n) is 26.1. The van der Waals surface area contributed by atoms with E-state index in [0.717, 1.165) is 12.8 Å². The van der Waals surface area contributed by atoms with Crippen LogP contribution in [0.5, 0.6) is 0 Å². The van der Waals surface area contributed by atoms with Crippen molar-refractivity contribution in [2.75, 3.05) is 6.61 Å². The second kappa shape index (κ2) is 31.6. The standard InChI is InChI=1S/C54H88N2O19/c1-31-20-18-16-14-12-10-8-9-11-13-15-17-19-21-38(74-52-49(66)46(48(65)34(4)73-52)56-50(67)39(55)30-71-53(5,6)7)27-43-45(51(68)69)42(62)29-54(70,75-43)28-41(61)40(60)23-22-35(57)24-36(58)25-37(59)26-44(63)72-33(3)32(2)47(31)64/h8-9,11,13-21,31-43,45-49,52,57-62,64-66,70H,10,12,22-30,55H2,1-7H3,(H,56,67)(H,68,69)/b9-8+,13-11+,16-14+,17-15+,20-18+,21-19+/t31-,32-,33-,34+,35+,36+,37+,38-,39-,40+,41+,42-,43-,45+,46-,47+,48+,49-,52-,54+/m0/s1. The van der Waals surface area contributed by atoms with E-state index in [1.54, 1.807) is 65.0 Å². The molecule has 0 radical (unpaired) electrons. The molecule has 1 amide bonds. The number of cyclic esters (lactones) is 1. The van der Waals surface area contributed by atoms with Crippen LogP contribution in [0.4, 0.5) is 0 Å². The third-order valence-electron chi connectivity index (χ3n) is 13.5. The van der Waals surface area contributed by atoms with Gasteiger partial charge in [-0.05, 0) is 73.1 Å². The third kappa shape index (κ3) is 23.0. The molecule has 0 aliphatic carbocycles. The van der Waals surface area contributed by atoms with Crippen molar-refractivity contribution in [2.24, 2.45) is 23.5 Å². The Morgan fingerprint density at radius 2 is 1.33 bits per heavy atom. The minimum absolute atomic E-state index is 0.166. The molecule has 0 spiro atoms. The lowest BCUT2D eigenvalue weighted by Crippen LogP contribution is -2.65. The van der Waals surface area contributed by atoms with Gasteiger partial charge in [0.15, 0.2) is 12.1 Å². The van der Waals surface area contributed by atoms with Crippen LogP contribution < -0.4 is 11.1 Å². The van der Waals surface area contributed by atoms with Crippen molar-refractivity contribution in [1.29, 1.82) is 0 Å². The fourth-order valence-corrected chi connectivity index (χ4v) is 8.94. The summed E-state index contributed by atoms with van der Waals surface area (Å²) in [5, 5.41) is 123. The van der Waals surface area contributed by atoms with Crippen LogP contribution in [0.25, 0.3) is 0 Å². The van der Waals surface area contributed by atoms with Crippen LogP contribution in [0, 0.1) is 17.8 Å². The molecule has 3 aliphatic heterocycles. The zero-order valence-corrected chi connectivity index (χ0v) is 44.4. The van der Waals surface area contributed by atoms with Crippen molar-refractivity contribution < 1.29 is 94.2 Å². The van der Waals surface area contributed by atoms with Crippen LogP contribution in [-0.2, 0) is 38.1 Å². The second-order valence-electron chi connectivity index (χ2n) is 21.3. The zero-order valence-electron chi connectivity index (χ0n) is 44.4. The number of nitrogens with one attached hydrogen (secondary N) is 1. The van der Waals surface area contributed by atoms with Gasteiger partial charge in [0.2, 0.25) is 5.91 Å². The summed E-state index contributed by atoms with van der Waals surface area (Å²) >= 11 is 0. The van der Waals surface area contributed by atoms with Gasteiger partial charge in [-0.3, -0.25) is 14.4 Å². The number of esters is 1. The van der Waals surface area contributed by atoms with Gasteiger partial charge in [-0.25, -0.2) is 0 Å². The Labute approximate surface area is 441 Å². The Bertz CT molecular complexity index is 1920. The van der Waals surface area contributed by atoms with Crippen LogP contribution in [0.3, 0.4) is 0 Å². The van der Waals surface area contributed by atoms with Gasteiger partial charge in [0.25, 0.3) is 0 Å². The normalized spacial score (nSPS) is 41.4. The lowest BCUT2D eigenvalue weighted by molar-refractivity contribution is -0.310. The lowest BCUT2D eigenvalue weighted by atomic mass is 9.82. The van der Waals surface area contributed by atoms with Crippen molar-refractivity contribution in [3.05, 3.63) is 72.9 Å². The number of aliphatic hydroxyl groups excluding tert-OH is 9. The Hall–Kier alpha value is -3.75. The summed E-state index contributed by atoms with van der Waals surface area (Å²) in [5.74, 6) is -7.79. The number of rotatable bonds is 7. The number of aliphatic hydroxyl groups is 10. The fourth-order valence-electron chi connectivity index (χ4n) is 8.94. The number of fused-ring (bicyclic) bond motifs is 2. The van der Waals surface area contributed by atoms with Crippen LogP contribution in [0.15, 0.2) is 72.9 Å². The summed E-state index contributed by atoms with van der Waals surface area (Å²) in [6.45, 7) is 11.9. The van der Waals surface area contributed by atoms with Crippen LogP contribution in [-0.4, -0.2) is 190 Å². The summed E-state index contributed by atoms with van der Waals surface area (Å²) in [7, 11) is 0. The number of amides is 1. The molecule has 2 fully saturated rings. The molecular formula is C54H88N2O19. The number of carbonyl (C=O) groups excluding carboxylic acids is 2. The molecule has 3 rings (SSSR count). The molecule has 75 heavy (non-hydrogen) atoms. The van der Waals surface area contributed by atoms with Gasteiger partial charge in [0, 0.05) is 31.1 Å². The molecule has 14 N–H and O–H groups in total. The SMILES string of the molecule is C[C@@H]1[C@H](O)[C@@H](C)/C=C/C=C/CC/C=C/C=C/C=C/C=C/[C@H](O[C@@H]2O[C@H](C)[C@@H](O)[C@H](NC(=O)[C@@H](N)COC(C)(C)C)[C@@H]2O)C[C@@H]2O[C@](O)(C[C@@H](O)[C@H](O)CC[C@@H](O)C[C@@H](O)C[C@@H](O)CC(=O)O[C@H]1C)C[C@H](O)[C@H]2C(=O)O. The van der Waals surface area contributed by atoms with Gasteiger partial charge < -0.3 is 90.9 Å². The molecule has 0 unspecified atom stereocenters. The van der Waals surface area contributed by atoms with Gasteiger partial charge in [0.1, 0.15) is 30.3 Å². The maximum Gasteiger partial charge on any atom is 0.311 e. The number of aliphatic carboxylic acids is 1. The Morgan fingerprint density at radius 1 is 0.747 bits per heavy atom. The predicted molar refractivity (Wildman–Crippen MR) is 275 cm³/mol. The number of allylic oxidation sites excluding steroid dienone is 10. The van der Waals surface area contributed by atoms with Crippen LogP contribution >= 0.6 is 0 Å². The second-order valence-corrected chi connectivity index (χ2v) is 21.3. The van der Waals surface area contributed by atoms with Crippen LogP contribution in [0.1, 0.15) is 113 Å². The molecule has 0 saturated carbocycles. The van der Waals surface area contributed by atoms with Crippen LogP contribution in [0.2, 0.25) is 0 Å². The highest BCUT2D eigenvalue weighted by atomic mass is 16.7. The van der Waals surface area contributed by atoms with E-state index >= 15 is 0 Å². The molecule has 2 saturated heterocycles. The highest BCUT2D eigenvalue weighted by Gasteiger charge is 2.51. The largest absolute Gasteiger partial charge is 0.481 e. The quantitative estimate of drug-likeness (QED) is 0.160. The summed E-state index contributed by atoms with van der Waals surface area (Å²) in [6, 6.07) is -2.54. The first kappa shape index (κ1) is 65.5. The monoisotopic (exact) mass is 1070 g/mol. The number of nitrogens with two attached hydrogens (primary N) is 1. The molecule has 21 heteroatoms. The Balaban J connectivity index is 1.91. The molecule has 0 aromatic carbocycles. The number of hydrogen-bond donors (Lipinski definition) is 13. The molecule has 3 heterocycles. The third-order valence-corrected chi connectivity index (χ3v) is 13.5. The summed E-state index contributed by atoms with van der Waals surface area (Å²) in [5.41, 5.74) is 5.46. The van der Waals surface area contributed by atoms with E-state index in [9.17, 15) is 70.6 Å². The highest BCUT2D eigenvalue weighted by molar-refractivity contribution is 5.82. The minimum Gasteiger partial charge on any atom is -0.481 e. The number of carboxylic acids is 1. The first-order valence-corrected chi connectivity index (χ1v) is 26.1. The molecule has 0 aromatic rings. The number of hydrogen-bond acceptors (Lipinski definition) is 19. The number of carbonyl (C=O) groups is 3. The van der Waals surface area contributed by atoms with Gasteiger partial charge >= 0.3 is 11.9 Å². The minimum atomic E-state index is -2.42. The zero-order chi connectivity index (χ0) is 56.2. The summed E-state index contributed by atoms with van der Waals surface area (Å²) in [6.07, 6.45) is 0.391. The van der Waals surface area contributed by atoms with Gasteiger partial charge in [-0.15, -0.1) is 0 Å². The van der Waals surface area contributed by atoms with Crippen molar-refractivity contribution in [2.45, 2.75) is 222 Å². The molecule has 3 aliphatic rings. The maximum atomic E-state index is 13.1. The summed E-state index contributed by atoms with van der Waals surface area (Å²) in [4.78, 5) is 38.5. The van der Waals surface area contributed by atoms with E-state index in [2.05, 4.69) is 5.32 Å². The topological polar surface area (TPSA) is 358 Å². The van der Waals surface area contributed by atoms with Crippen molar-refractivity contribution >= 4 is 17.8 Å². The summed E-state index contributed by atoms with van der Waals surface area (Å²) < 4.78 is 29.2. The van der Waals surface area contributed by atoms with E-state index in [-0.39, 0.29) is 38.2 Å². The van der Waals surface area contributed by atoms with E-state index in [0.29, 0.717) is 0 Å².